The second-order valence-corrected chi connectivity index (χ2v) is 5.60. The lowest BCUT2D eigenvalue weighted by atomic mass is 9.97. The van der Waals surface area contributed by atoms with E-state index in [0.717, 1.165) is 34.3 Å². The highest BCUT2D eigenvalue weighted by atomic mass is 79.9. The fourth-order valence-corrected chi connectivity index (χ4v) is 3.05. The monoisotopic (exact) mass is 323 g/mol. The molecule has 0 N–H and O–H groups in total. The fourth-order valence-electron chi connectivity index (χ4n) is 2.43. The van der Waals surface area contributed by atoms with Crippen molar-refractivity contribution in [3.05, 3.63) is 51.2 Å². The molecule has 0 radical (unpaired) electrons. The highest BCUT2D eigenvalue weighted by molar-refractivity contribution is 9.10. The zero-order valence-corrected chi connectivity index (χ0v) is 12.0. The summed E-state index contributed by atoms with van der Waals surface area (Å²) in [6.45, 7) is 0. The molecule has 1 aromatic heterocycles. The number of hydrogen-bond donors (Lipinski definition) is 0. The Balaban J connectivity index is 2.19. The minimum Gasteiger partial charge on any atom is -0.319 e. The maximum atomic E-state index is 11.8. The predicted molar refractivity (Wildman–Crippen MR) is 75.7 cm³/mol. The second kappa shape index (κ2) is 4.56. The van der Waals surface area contributed by atoms with Gasteiger partial charge in [-0.2, -0.15) is 0 Å². The summed E-state index contributed by atoms with van der Waals surface area (Å²) >= 11 is 9.62. The molecule has 18 heavy (non-hydrogen) atoms. The Hall–Kier alpha value is -1.06. The molecule has 0 bridgehead atoms. The summed E-state index contributed by atoms with van der Waals surface area (Å²) in [5.41, 5.74) is 2.93. The summed E-state index contributed by atoms with van der Waals surface area (Å²) < 4.78 is 2.92. The minimum absolute atomic E-state index is 0.244. The number of fused-ring (bicyclic) bond motifs is 1. The van der Waals surface area contributed by atoms with Crippen LogP contribution in [0.2, 0.25) is 5.02 Å². The first kappa shape index (κ1) is 12.0. The molecule has 0 saturated heterocycles. The van der Waals surface area contributed by atoms with Crippen LogP contribution in [-0.4, -0.2) is 10.4 Å². The van der Waals surface area contributed by atoms with Crippen LogP contribution in [-0.2, 0) is 6.42 Å². The van der Waals surface area contributed by atoms with E-state index in [9.17, 15) is 4.79 Å². The number of benzene rings is 1. The first-order chi connectivity index (χ1) is 8.68. The molecular formula is C14H11BrClNO. The van der Waals surface area contributed by atoms with Crippen LogP contribution in [0.1, 0.15) is 28.9 Å². The van der Waals surface area contributed by atoms with E-state index in [1.807, 2.05) is 30.5 Å². The van der Waals surface area contributed by atoms with Gasteiger partial charge in [-0.15, -0.1) is 0 Å². The summed E-state index contributed by atoms with van der Waals surface area (Å²) in [4.78, 5) is 11.8. The Kier molecular flexibility index (Phi) is 3.04. The van der Waals surface area contributed by atoms with Gasteiger partial charge in [0.2, 0.25) is 0 Å². The first-order valence-electron chi connectivity index (χ1n) is 5.86. The van der Waals surface area contributed by atoms with Gasteiger partial charge in [0, 0.05) is 23.9 Å². The summed E-state index contributed by atoms with van der Waals surface area (Å²) in [6.07, 6.45) is 4.47. The summed E-state index contributed by atoms with van der Waals surface area (Å²) in [7, 11) is 0. The highest BCUT2D eigenvalue weighted by Gasteiger charge is 2.21. The molecule has 0 amide bonds. The normalized spacial score (nSPS) is 14.7. The van der Waals surface area contributed by atoms with E-state index in [1.54, 1.807) is 0 Å². The van der Waals surface area contributed by atoms with E-state index >= 15 is 0 Å². The van der Waals surface area contributed by atoms with Gasteiger partial charge in [-0.05, 0) is 47.0 Å². The van der Waals surface area contributed by atoms with Crippen molar-refractivity contribution < 1.29 is 4.79 Å². The van der Waals surface area contributed by atoms with Crippen LogP contribution in [0, 0.1) is 0 Å². The number of aromatic nitrogens is 1. The molecule has 92 valence electrons. The lowest BCUT2D eigenvalue weighted by molar-refractivity contribution is 0.0972. The van der Waals surface area contributed by atoms with Crippen LogP contribution in [0.5, 0.6) is 0 Å². The molecule has 0 atom stereocenters. The van der Waals surface area contributed by atoms with Crippen molar-refractivity contribution in [2.75, 3.05) is 0 Å². The van der Waals surface area contributed by atoms with Gasteiger partial charge < -0.3 is 4.57 Å². The van der Waals surface area contributed by atoms with E-state index in [1.165, 1.54) is 0 Å². The average molecular weight is 325 g/mol. The third-order valence-corrected chi connectivity index (χ3v) is 4.68. The van der Waals surface area contributed by atoms with E-state index in [0.29, 0.717) is 11.4 Å². The van der Waals surface area contributed by atoms with E-state index in [-0.39, 0.29) is 5.78 Å². The lowest BCUT2D eigenvalue weighted by Gasteiger charge is -2.16. The molecule has 2 nitrogen and oxygen atoms in total. The number of rotatable bonds is 1. The SMILES string of the molecule is O=C1CCCc2c1ccn2-c1cccc(Cl)c1Br. The molecule has 4 heteroatoms. The van der Waals surface area contributed by atoms with Gasteiger partial charge in [-0.1, -0.05) is 17.7 Å². The zero-order valence-electron chi connectivity index (χ0n) is 9.62. The van der Waals surface area contributed by atoms with Crippen LogP contribution in [0.15, 0.2) is 34.9 Å². The molecule has 2 aromatic rings. The van der Waals surface area contributed by atoms with Crippen molar-refractivity contribution in [1.29, 1.82) is 0 Å². The largest absolute Gasteiger partial charge is 0.319 e. The number of hydrogen-bond acceptors (Lipinski definition) is 1. The topological polar surface area (TPSA) is 22.0 Å². The number of carbonyl (C=O) groups is 1. The maximum absolute atomic E-state index is 11.8. The van der Waals surface area contributed by atoms with E-state index in [4.69, 9.17) is 11.6 Å². The fraction of sp³-hybridized carbons (Fsp3) is 0.214. The quantitative estimate of drug-likeness (QED) is 0.761. The first-order valence-corrected chi connectivity index (χ1v) is 7.03. The third kappa shape index (κ3) is 1.82. The molecule has 0 spiro atoms. The molecule has 1 aliphatic carbocycles. The average Bonchev–Trinajstić information content (AvgIpc) is 2.78. The minimum atomic E-state index is 0.244. The van der Waals surface area contributed by atoms with Crippen molar-refractivity contribution in [3.8, 4) is 5.69 Å². The number of halogens is 2. The zero-order chi connectivity index (χ0) is 12.7. The molecule has 3 rings (SSSR count). The van der Waals surface area contributed by atoms with Crippen LogP contribution >= 0.6 is 27.5 Å². The summed E-state index contributed by atoms with van der Waals surface area (Å²) in [5, 5.41) is 0.678. The third-order valence-electron chi connectivity index (χ3n) is 3.30. The van der Waals surface area contributed by atoms with Crippen molar-refractivity contribution in [2.24, 2.45) is 0 Å². The molecule has 0 saturated carbocycles. The van der Waals surface area contributed by atoms with Crippen molar-refractivity contribution in [2.45, 2.75) is 19.3 Å². The maximum Gasteiger partial charge on any atom is 0.164 e. The Morgan fingerprint density at radius 3 is 2.89 bits per heavy atom. The van der Waals surface area contributed by atoms with Gasteiger partial charge in [-0.25, -0.2) is 0 Å². The number of ketones is 1. The van der Waals surface area contributed by atoms with Crippen LogP contribution in [0.3, 0.4) is 0 Å². The molecule has 1 aliphatic rings. The highest BCUT2D eigenvalue weighted by Crippen LogP contribution is 2.32. The Morgan fingerprint density at radius 1 is 1.22 bits per heavy atom. The van der Waals surface area contributed by atoms with Crippen molar-refractivity contribution >= 4 is 33.3 Å². The van der Waals surface area contributed by atoms with Gasteiger partial charge in [0.25, 0.3) is 0 Å². The van der Waals surface area contributed by atoms with Crippen molar-refractivity contribution in [3.63, 3.8) is 0 Å². The lowest BCUT2D eigenvalue weighted by Crippen LogP contribution is -2.12. The smallest absolute Gasteiger partial charge is 0.164 e. The Bertz CT molecular complexity index is 633. The van der Waals surface area contributed by atoms with Crippen LogP contribution in [0.25, 0.3) is 5.69 Å². The predicted octanol–water partition coefficient (Wildman–Crippen LogP) is 4.41. The van der Waals surface area contributed by atoms with Gasteiger partial charge in [0.15, 0.2) is 5.78 Å². The molecular weight excluding hydrogens is 314 g/mol. The molecule has 0 unspecified atom stereocenters. The number of Topliss-reactive ketones (excluding diaryl/α,β-unsaturated/α-hetero) is 1. The summed E-state index contributed by atoms with van der Waals surface area (Å²) in [5.74, 6) is 0.244. The van der Waals surface area contributed by atoms with Crippen LogP contribution in [0.4, 0.5) is 0 Å². The number of nitrogens with zero attached hydrogens (tertiary/aromatic N) is 1. The molecule has 1 heterocycles. The molecule has 0 fully saturated rings. The van der Waals surface area contributed by atoms with Crippen molar-refractivity contribution in [1.82, 2.24) is 4.57 Å². The molecule has 1 aromatic carbocycles. The van der Waals surface area contributed by atoms with Gasteiger partial charge in [0.1, 0.15) is 0 Å². The van der Waals surface area contributed by atoms with E-state index < -0.39 is 0 Å². The van der Waals surface area contributed by atoms with E-state index in [2.05, 4.69) is 20.5 Å². The Morgan fingerprint density at radius 2 is 2.06 bits per heavy atom. The Labute approximate surface area is 119 Å². The second-order valence-electron chi connectivity index (χ2n) is 4.40. The van der Waals surface area contributed by atoms with Gasteiger partial charge in [0.05, 0.1) is 15.2 Å². The number of carbonyl (C=O) groups excluding carboxylic acids is 1. The summed E-state index contributed by atoms with van der Waals surface area (Å²) in [6, 6.07) is 7.66. The standard InChI is InChI=1S/C14H11BrClNO/c15-14-10(16)3-1-5-12(14)17-8-7-9-11(17)4-2-6-13(9)18/h1,3,5,7-8H,2,4,6H2. The van der Waals surface area contributed by atoms with Gasteiger partial charge >= 0.3 is 0 Å². The van der Waals surface area contributed by atoms with Gasteiger partial charge in [-0.3, -0.25) is 4.79 Å². The molecule has 0 aliphatic heterocycles. The van der Waals surface area contributed by atoms with Crippen LogP contribution < -0.4 is 0 Å².